The summed E-state index contributed by atoms with van der Waals surface area (Å²) < 4.78 is 0. The van der Waals surface area contributed by atoms with Crippen LogP contribution in [0.4, 0.5) is 10.0 Å². The van der Waals surface area contributed by atoms with Crippen molar-refractivity contribution in [2.24, 2.45) is 11.8 Å². The molecule has 1 atom stereocenters. The second-order valence-electron chi connectivity index (χ2n) is 9.40. The van der Waals surface area contributed by atoms with E-state index in [0.717, 1.165) is 10.0 Å². The maximum Gasteiger partial charge on any atom is 0.306 e. The normalized spacial score (nSPS) is 22.1. The number of thiophene rings is 2. The summed E-state index contributed by atoms with van der Waals surface area (Å²) in [6.07, 6.45) is 2.19. The van der Waals surface area contributed by atoms with Crippen LogP contribution in [0.3, 0.4) is 0 Å². The monoisotopic (exact) mass is 530 g/mol. The Bertz CT molecular complexity index is 1250. The van der Waals surface area contributed by atoms with Crippen molar-refractivity contribution in [2.75, 3.05) is 36.0 Å². The zero-order valence-corrected chi connectivity index (χ0v) is 21.0. The third-order valence-corrected chi connectivity index (χ3v) is 9.66. The minimum absolute atomic E-state index is 0.0406. The van der Waals surface area contributed by atoms with E-state index in [1.807, 2.05) is 12.1 Å². The lowest BCUT2D eigenvalue weighted by molar-refractivity contribution is -0.143. The van der Waals surface area contributed by atoms with Gasteiger partial charge < -0.3 is 25.1 Å². The standard InChI is InChI=1S/C25H26N2O7S2/c28-21-19(15-1-3-17(35-15)26-9-5-13(6-10-26)24(31)32)22(29)23(30)20(21)16-2-4-18(36-16)27-11-7-14(8-12-27)25(33)34/h1-4,13-14,19,30H,5-12H2,(H,31,32)(H,33,34). The molecule has 2 fully saturated rings. The Labute approximate surface area is 215 Å². The highest BCUT2D eigenvalue weighted by molar-refractivity contribution is 7.18. The SMILES string of the molecule is O=C(O)C1CCN(c2ccc(C3=C(O)C(=O)C(c4ccc(N5CCC(C(=O)O)CC5)s4)C3=O)s2)CC1. The molecule has 2 aliphatic heterocycles. The molecule has 5 rings (SSSR count). The molecule has 9 nitrogen and oxygen atoms in total. The lowest BCUT2D eigenvalue weighted by Gasteiger charge is -2.30. The summed E-state index contributed by atoms with van der Waals surface area (Å²) in [6, 6.07) is 7.17. The Morgan fingerprint density at radius 2 is 1.25 bits per heavy atom. The summed E-state index contributed by atoms with van der Waals surface area (Å²) in [4.78, 5) is 54.0. The molecule has 190 valence electrons. The van der Waals surface area contributed by atoms with Crippen molar-refractivity contribution in [3.63, 3.8) is 0 Å². The zero-order chi connectivity index (χ0) is 25.6. The number of rotatable bonds is 6. The van der Waals surface area contributed by atoms with Crippen LogP contribution in [0.25, 0.3) is 5.57 Å². The number of aliphatic hydroxyl groups is 1. The molecule has 2 saturated heterocycles. The Kier molecular flexibility index (Phi) is 6.60. The summed E-state index contributed by atoms with van der Waals surface area (Å²) in [5.74, 6) is -4.87. The molecule has 3 N–H and O–H groups in total. The molecular formula is C25H26N2O7S2. The van der Waals surface area contributed by atoms with E-state index in [4.69, 9.17) is 0 Å². The van der Waals surface area contributed by atoms with Gasteiger partial charge in [0.15, 0.2) is 11.5 Å². The summed E-state index contributed by atoms with van der Waals surface area (Å²) in [6.45, 7) is 2.39. The number of hydrogen-bond acceptors (Lipinski definition) is 9. The number of carboxylic acid groups (broad SMARTS) is 2. The number of aliphatic hydroxyl groups excluding tert-OH is 1. The number of ketones is 2. The number of piperidine rings is 2. The Morgan fingerprint density at radius 3 is 1.78 bits per heavy atom. The van der Waals surface area contributed by atoms with Crippen LogP contribution in [0.1, 0.15) is 41.4 Å². The van der Waals surface area contributed by atoms with Crippen molar-refractivity contribution in [3.8, 4) is 0 Å². The first kappa shape index (κ1) is 24.5. The number of hydrogen-bond donors (Lipinski definition) is 3. The van der Waals surface area contributed by atoms with E-state index in [9.17, 15) is 34.5 Å². The smallest absolute Gasteiger partial charge is 0.306 e. The molecule has 0 saturated carbocycles. The molecular weight excluding hydrogens is 504 g/mol. The van der Waals surface area contributed by atoms with Gasteiger partial charge in [0.05, 0.1) is 27.4 Å². The van der Waals surface area contributed by atoms with Crippen LogP contribution in [0.2, 0.25) is 0 Å². The van der Waals surface area contributed by atoms with E-state index < -0.39 is 35.2 Å². The first-order chi connectivity index (χ1) is 17.2. The Morgan fingerprint density at radius 1 is 0.750 bits per heavy atom. The molecule has 0 radical (unpaired) electrons. The van der Waals surface area contributed by atoms with E-state index in [1.165, 1.54) is 22.7 Å². The van der Waals surface area contributed by atoms with Gasteiger partial charge in [-0.05, 0) is 49.9 Å². The van der Waals surface area contributed by atoms with Gasteiger partial charge in [-0.3, -0.25) is 19.2 Å². The molecule has 11 heteroatoms. The van der Waals surface area contributed by atoms with Gasteiger partial charge in [-0.2, -0.15) is 0 Å². The summed E-state index contributed by atoms with van der Waals surface area (Å²) in [5, 5.41) is 30.8. The largest absolute Gasteiger partial charge is 0.504 e. The number of Topliss-reactive ketones (excluding diaryl/α,β-unsaturated/α-hetero) is 2. The minimum Gasteiger partial charge on any atom is -0.504 e. The van der Waals surface area contributed by atoms with Crippen LogP contribution in [0.5, 0.6) is 0 Å². The van der Waals surface area contributed by atoms with Crippen LogP contribution >= 0.6 is 22.7 Å². The van der Waals surface area contributed by atoms with E-state index in [-0.39, 0.29) is 17.4 Å². The van der Waals surface area contributed by atoms with E-state index >= 15 is 0 Å². The predicted octanol–water partition coefficient (Wildman–Crippen LogP) is 3.62. The fourth-order valence-electron chi connectivity index (χ4n) is 5.13. The summed E-state index contributed by atoms with van der Waals surface area (Å²) in [5.41, 5.74) is 0.0406. The van der Waals surface area contributed by atoms with Crippen LogP contribution in [0.15, 0.2) is 30.0 Å². The van der Waals surface area contributed by atoms with Gasteiger partial charge in [0, 0.05) is 35.9 Å². The third-order valence-electron chi connectivity index (χ3n) is 7.29. The number of aliphatic carboxylic acids is 2. The van der Waals surface area contributed by atoms with E-state index in [0.29, 0.717) is 61.6 Å². The second kappa shape index (κ2) is 9.70. The van der Waals surface area contributed by atoms with Crippen molar-refractivity contribution in [1.82, 2.24) is 0 Å². The van der Waals surface area contributed by atoms with Crippen LogP contribution in [-0.2, 0) is 19.2 Å². The maximum atomic E-state index is 13.4. The first-order valence-corrected chi connectivity index (χ1v) is 13.5. The fraction of sp³-hybridized carbons (Fsp3) is 0.440. The predicted molar refractivity (Wildman–Crippen MR) is 136 cm³/mol. The highest BCUT2D eigenvalue weighted by atomic mass is 32.1. The lowest BCUT2D eigenvalue weighted by Crippen LogP contribution is -2.35. The van der Waals surface area contributed by atoms with Crippen molar-refractivity contribution in [1.29, 1.82) is 0 Å². The number of carbonyl (C=O) groups excluding carboxylic acids is 2. The summed E-state index contributed by atoms with van der Waals surface area (Å²) in [7, 11) is 0. The number of carbonyl (C=O) groups is 4. The number of allylic oxidation sites excluding steroid dienone is 2. The molecule has 2 aromatic heterocycles. The molecule has 0 spiro atoms. The quantitative estimate of drug-likeness (QED) is 0.479. The van der Waals surface area contributed by atoms with Gasteiger partial charge in [0.2, 0.25) is 5.78 Å². The molecule has 0 bridgehead atoms. The average molecular weight is 531 g/mol. The molecule has 1 unspecified atom stereocenters. The maximum absolute atomic E-state index is 13.4. The third kappa shape index (κ3) is 4.41. The van der Waals surface area contributed by atoms with Gasteiger partial charge in [0.25, 0.3) is 0 Å². The van der Waals surface area contributed by atoms with Gasteiger partial charge in [-0.25, -0.2) is 0 Å². The summed E-state index contributed by atoms with van der Waals surface area (Å²) >= 11 is 2.65. The Hall–Kier alpha value is -3.18. The van der Waals surface area contributed by atoms with Crippen molar-refractivity contribution in [3.05, 3.63) is 39.8 Å². The van der Waals surface area contributed by atoms with Crippen LogP contribution in [-0.4, -0.2) is 65.0 Å². The molecule has 1 aliphatic carbocycles. The molecule has 3 aliphatic rings. The van der Waals surface area contributed by atoms with Crippen molar-refractivity contribution in [2.45, 2.75) is 31.6 Å². The molecule has 0 amide bonds. The Balaban J connectivity index is 1.29. The topological polar surface area (TPSA) is 135 Å². The number of carboxylic acids is 2. The van der Waals surface area contributed by atoms with Crippen LogP contribution in [0, 0.1) is 11.8 Å². The number of anilines is 2. The molecule has 4 heterocycles. The van der Waals surface area contributed by atoms with Gasteiger partial charge >= 0.3 is 11.9 Å². The molecule has 2 aromatic rings. The van der Waals surface area contributed by atoms with E-state index in [1.54, 1.807) is 12.1 Å². The van der Waals surface area contributed by atoms with Crippen molar-refractivity contribution < 1.29 is 34.5 Å². The molecule has 0 aromatic carbocycles. The fourth-order valence-corrected chi connectivity index (χ4v) is 7.40. The van der Waals surface area contributed by atoms with Crippen molar-refractivity contribution >= 4 is 61.8 Å². The van der Waals surface area contributed by atoms with Gasteiger partial charge in [0.1, 0.15) is 5.92 Å². The van der Waals surface area contributed by atoms with Gasteiger partial charge in [-0.15, -0.1) is 22.7 Å². The second-order valence-corrected chi connectivity index (χ2v) is 11.6. The zero-order valence-electron chi connectivity index (χ0n) is 19.4. The highest BCUT2D eigenvalue weighted by Gasteiger charge is 2.44. The average Bonchev–Trinajstić information content (AvgIpc) is 3.59. The number of nitrogens with zero attached hydrogens (tertiary/aromatic N) is 2. The minimum atomic E-state index is -1.08. The van der Waals surface area contributed by atoms with E-state index in [2.05, 4.69) is 9.80 Å². The molecule has 36 heavy (non-hydrogen) atoms. The highest BCUT2D eigenvalue weighted by Crippen LogP contribution is 2.44. The van der Waals surface area contributed by atoms with Gasteiger partial charge in [-0.1, -0.05) is 0 Å². The van der Waals surface area contributed by atoms with Crippen LogP contribution < -0.4 is 9.80 Å². The first-order valence-electron chi connectivity index (χ1n) is 11.9. The lowest BCUT2D eigenvalue weighted by atomic mass is 9.97.